The van der Waals surface area contributed by atoms with Crippen LogP contribution >= 0.6 is 11.6 Å². The fraction of sp³-hybridized carbons (Fsp3) is 1.00. The van der Waals surface area contributed by atoms with Gasteiger partial charge in [-0.2, -0.15) is 0 Å². The van der Waals surface area contributed by atoms with Gasteiger partial charge < -0.3 is 15.3 Å². The van der Waals surface area contributed by atoms with Crippen molar-refractivity contribution < 1.29 is 15.3 Å². The molecule has 14 heavy (non-hydrogen) atoms. The highest BCUT2D eigenvalue weighted by atomic mass is 35.5. The minimum absolute atomic E-state index is 0.372. The van der Waals surface area contributed by atoms with Gasteiger partial charge in [-0.3, -0.25) is 0 Å². The molecule has 4 fully saturated rings. The molecule has 4 bridgehead atoms. The summed E-state index contributed by atoms with van der Waals surface area (Å²) in [6, 6.07) is 0. The van der Waals surface area contributed by atoms with Crippen molar-refractivity contribution in [2.75, 3.05) is 0 Å². The summed E-state index contributed by atoms with van der Waals surface area (Å²) in [5, 5.41) is 30.6. The first kappa shape index (κ1) is 9.40. The van der Waals surface area contributed by atoms with Crippen LogP contribution in [0.15, 0.2) is 0 Å². The molecule has 80 valence electrons. The molecule has 4 aliphatic carbocycles. The summed E-state index contributed by atoms with van der Waals surface area (Å²) in [5.41, 5.74) is -2.83. The molecular formula is C10H15ClO3. The predicted molar refractivity (Wildman–Crippen MR) is 51.1 cm³/mol. The minimum Gasteiger partial charge on any atom is -0.390 e. The summed E-state index contributed by atoms with van der Waals surface area (Å²) >= 11 is 6.32. The van der Waals surface area contributed by atoms with Crippen molar-refractivity contribution in [1.82, 2.24) is 0 Å². The second kappa shape index (κ2) is 2.14. The number of halogens is 1. The van der Waals surface area contributed by atoms with Crippen LogP contribution in [-0.2, 0) is 0 Å². The van der Waals surface area contributed by atoms with Crippen LogP contribution in [0.2, 0.25) is 0 Å². The lowest BCUT2D eigenvalue weighted by molar-refractivity contribution is -0.246. The standard InChI is InChI=1S/C10H15ClO3/c11-7-1-8(12)4-9(13,2-7)6-10(14,3-7)5-8/h12-14H,1-6H2. The van der Waals surface area contributed by atoms with E-state index in [1.165, 1.54) is 0 Å². The van der Waals surface area contributed by atoms with Crippen LogP contribution in [0, 0.1) is 0 Å². The molecule has 0 heterocycles. The monoisotopic (exact) mass is 218 g/mol. The van der Waals surface area contributed by atoms with Crippen LogP contribution < -0.4 is 0 Å². The molecular weight excluding hydrogens is 204 g/mol. The SMILES string of the molecule is OC12CC3(O)CC(O)(C1)CC(Cl)(C2)C3. The Labute approximate surface area is 87.7 Å². The van der Waals surface area contributed by atoms with Gasteiger partial charge in [0.25, 0.3) is 0 Å². The molecule has 0 atom stereocenters. The van der Waals surface area contributed by atoms with Gasteiger partial charge in [0.05, 0.1) is 21.7 Å². The van der Waals surface area contributed by atoms with Gasteiger partial charge in [-0.25, -0.2) is 0 Å². The Bertz CT molecular complexity index is 208. The molecule has 4 aliphatic rings. The van der Waals surface area contributed by atoms with E-state index < -0.39 is 21.7 Å². The normalized spacial score (nSPS) is 66.0. The lowest BCUT2D eigenvalue weighted by Crippen LogP contribution is -2.70. The van der Waals surface area contributed by atoms with E-state index in [2.05, 4.69) is 0 Å². The van der Waals surface area contributed by atoms with Crippen LogP contribution in [0.3, 0.4) is 0 Å². The molecule has 0 saturated heterocycles. The molecule has 3 nitrogen and oxygen atoms in total. The summed E-state index contributed by atoms with van der Waals surface area (Å²) in [4.78, 5) is -0.590. The van der Waals surface area contributed by atoms with Gasteiger partial charge in [0.2, 0.25) is 0 Å². The number of alkyl halides is 1. The molecule has 0 aromatic carbocycles. The van der Waals surface area contributed by atoms with Gasteiger partial charge in [0, 0.05) is 19.3 Å². The highest BCUT2D eigenvalue weighted by molar-refractivity contribution is 6.24. The Morgan fingerprint density at radius 1 is 0.643 bits per heavy atom. The van der Waals surface area contributed by atoms with E-state index in [-0.39, 0.29) is 0 Å². The Morgan fingerprint density at radius 3 is 1.14 bits per heavy atom. The zero-order valence-corrected chi connectivity index (χ0v) is 8.72. The summed E-state index contributed by atoms with van der Waals surface area (Å²) in [5.74, 6) is 0. The molecule has 0 aromatic heterocycles. The van der Waals surface area contributed by atoms with Crippen LogP contribution in [-0.4, -0.2) is 37.0 Å². The zero-order valence-electron chi connectivity index (χ0n) is 7.96. The first-order chi connectivity index (χ1) is 6.24. The van der Waals surface area contributed by atoms with Crippen LogP contribution in [0.1, 0.15) is 38.5 Å². The third-order valence-corrected chi connectivity index (χ3v) is 4.31. The molecule has 0 spiro atoms. The third kappa shape index (κ3) is 1.16. The van der Waals surface area contributed by atoms with Crippen molar-refractivity contribution in [2.24, 2.45) is 0 Å². The van der Waals surface area contributed by atoms with E-state index in [1.807, 2.05) is 0 Å². The van der Waals surface area contributed by atoms with E-state index >= 15 is 0 Å². The predicted octanol–water partition coefficient (Wildman–Crippen LogP) is 0.539. The fourth-order valence-corrected chi connectivity index (χ4v) is 5.10. The summed E-state index contributed by atoms with van der Waals surface area (Å²) in [6.45, 7) is 0. The Balaban J connectivity index is 2.08. The van der Waals surface area contributed by atoms with E-state index in [0.717, 1.165) is 0 Å². The van der Waals surface area contributed by atoms with Gasteiger partial charge >= 0.3 is 0 Å². The Morgan fingerprint density at radius 2 is 0.929 bits per heavy atom. The van der Waals surface area contributed by atoms with E-state index in [9.17, 15) is 15.3 Å². The zero-order chi connectivity index (χ0) is 10.2. The fourth-order valence-electron chi connectivity index (χ4n) is 4.36. The number of hydrogen-bond donors (Lipinski definition) is 3. The van der Waals surface area contributed by atoms with Crippen molar-refractivity contribution >= 4 is 11.6 Å². The van der Waals surface area contributed by atoms with Gasteiger partial charge in [-0.05, 0) is 19.3 Å². The van der Waals surface area contributed by atoms with Crippen LogP contribution in [0.4, 0.5) is 0 Å². The number of hydrogen-bond acceptors (Lipinski definition) is 3. The van der Waals surface area contributed by atoms with Crippen molar-refractivity contribution in [3.05, 3.63) is 0 Å². The van der Waals surface area contributed by atoms with Crippen molar-refractivity contribution in [1.29, 1.82) is 0 Å². The van der Waals surface area contributed by atoms with Crippen LogP contribution in [0.25, 0.3) is 0 Å². The Hall–Kier alpha value is 0.170. The third-order valence-electron chi connectivity index (χ3n) is 3.91. The van der Waals surface area contributed by atoms with Crippen molar-refractivity contribution in [3.8, 4) is 0 Å². The summed E-state index contributed by atoms with van der Waals surface area (Å²) in [7, 11) is 0. The molecule has 0 unspecified atom stereocenters. The van der Waals surface area contributed by atoms with E-state index in [0.29, 0.717) is 38.5 Å². The molecule has 0 radical (unpaired) electrons. The largest absolute Gasteiger partial charge is 0.390 e. The average Bonchev–Trinajstić information content (AvgIpc) is 1.67. The smallest absolute Gasteiger partial charge is 0.0719 e. The highest BCUT2D eigenvalue weighted by Gasteiger charge is 2.67. The van der Waals surface area contributed by atoms with Crippen LogP contribution in [0.5, 0.6) is 0 Å². The topological polar surface area (TPSA) is 60.7 Å². The summed E-state index contributed by atoms with van der Waals surface area (Å²) < 4.78 is 0. The molecule has 4 heteroatoms. The lowest BCUT2D eigenvalue weighted by atomic mass is 9.50. The first-order valence-corrected chi connectivity index (χ1v) is 5.48. The maximum absolute atomic E-state index is 10.2. The maximum Gasteiger partial charge on any atom is 0.0719 e. The second-order valence-electron chi connectivity index (χ2n) is 5.88. The van der Waals surface area contributed by atoms with Crippen molar-refractivity contribution in [2.45, 2.75) is 60.2 Å². The second-order valence-corrected chi connectivity index (χ2v) is 6.69. The molecule has 0 aliphatic heterocycles. The minimum atomic E-state index is -0.944. The Kier molecular flexibility index (Phi) is 1.44. The first-order valence-electron chi connectivity index (χ1n) is 5.10. The molecule has 3 N–H and O–H groups in total. The number of aliphatic hydroxyl groups is 3. The van der Waals surface area contributed by atoms with E-state index in [1.54, 1.807) is 0 Å². The van der Waals surface area contributed by atoms with Gasteiger partial charge in [0.15, 0.2) is 0 Å². The van der Waals surface area contributed by atoms with Gasteiger partial charge in [-0.15, -0.1) is 11.6 Å². The molecule has 0 aromatic rings. The highest BCUT2D eigenvalue weighted by Crippen LogP contribution is 2.62. The lowest BCUT2D eigenvalue weighted by Gasteiger charge is -2.64. The molecule has 4 saturated carbocycles. The van der Waals surface area contributed by atoms with Gasteiger partial charge in [-0.1, -0.05) is 0 Å². The maximum atomic E-state index is 10.2. The number of rotatable bonds is 0. The van der Waals surface area contributed by atoms with Gasteiger partial charge in [0.1, 0.15) is 0 Å². The average molecular weight is 219 g/mol. The van der Waals surface area contributed by atoms with Crippen molar-refractivity contribution in [3.63, 3.8) is 0 Å². The van der Waals surface area contributed by atoms with E-state index in [4.69, 9.17) is 11.6 Å². The summed E-state index contributed by atoms with van der Waals surface area (Å²) in [6.07, 6.45) is 2.63. The molecule has 0 amide bonds. The quantitative estimate of drug-likeness (QED) is 0.520. The molecule has 4 rings (SSSR count).